The predicted molar refractivity (Wildman–Crippen MR) is 113 cm³/mol. The minimum atomic E-state index is -0.243. The Morgan fingerprint density at radius 1 is 0.857 bits per heavy atom. The number of carbonyl (C=O) groups excluding carboxylic acids is 2. The summed E-state index contributed by atoms with van der Waals surface area (Å²) >= 11 is 0. The Morgan fingerprint density at radius 2 is 1.50 bits per heavy atom. The topological polar surface area (TPSA) is 57.6 Å². The number of phenolic OH excluding ortho intramolecular Hbond substituents is 1. The van der Waals surface area contributed by atoms with Crippen LogP contribution in [0.2, 0.25) is 0 Å². The summed E-state index contributed by atoms with van der Waals surface area (Å²) in [7, 11) is 0. The van der Waals surface area contributed by atoms with Crippen molar-refractivity contribution in [2.75, 3.05) is 18.0 Å². The fourth-order valence-corrected chi connectivity index (χ4v) is 3.30. The predicted octanol–water partition coefficient (Wildman–Crippen LogP) is 4.64. The van der Waals surface area contributed by atoms with Crippen LogP contribution in [0.3, 0.4) is 0 Å². The summed E-state index contributed by atoms with van der Waals surface area (Å²) < 4.78 is 0. The van der Waals surface area contributed by atoms with Crippen LogP contribution in [-0.4, -0.2) is 29.8 Å². The molecule has 3 rings (SSSR count). The van der Waals surface area contributed by atoms with Gasteiger partial charge in [0.05, 0.1) is 6.42 Å². The number of hydrogen-bond donors (Lipinski definition) is 1. The van der Waals surface area contributed by atoms with E-state index in [0.29, 0.717) is 0 Å². The highest BCUT2D eigenvalue weighted by molar-refractivity contribution is 6.11. The van der Waals surface area contributed by atoms with Crippen LogP contribution in [0.4, 0.5) is 5.69 Å². The standard InChI is InChI=1S/C24H25NO3/c26-21-12-8-19(9-13-21)10-14-22(27)18-23(28)15-11-20-6-2-3-7-24(20)25-16-4-1-5-17-25/h2-3,6-15,26H,1,4-5,16-18H2. The molecule has 0 atom stereocenters. The average Bonchev–Trinajstić information content (AvgIpc) is 2.73. The van der Waals surface area contributed by atoms with Gasteiger partial charge in [-0.05, 0) is 66.8 Å². The van der Waals surface area contributed by atoms with E-state index in [-0.39, 0.29) is 23.7 Å². The first kappa shape index (κ1) is 19.6. The number of benzene rings is 2. The van der Waals surface area contributed by atoms with E-state index in [9.17, 15) is 14.7 Å². The molecule has 4 heteroatoms. The highest BCUT2D eigenvalue weighted by Crippen LogP contribution is 2.25. The first-order chi connectivity index (χ1) is 13.6. The summed E-state index contributed by atoms with van der Waals surface area (Å²) in [5.41, 5.74) is 2.94. The van der Waals surface area contributed by atoms with E-state index >= 15 is 0 Å². The van der Waals surface area contributed by atoms with Crippen molar-refractivity contribution in [2.24, 2.45) is 0 Å². The van der Waals surface area contributed by atoms with E-state index in [1.807, 2.05) is 24.3 Å². The van der Waals surface area contributed by atoms with Crippen LogP contribution in [0.1, 0.15) is 36.8 Å². The quantitative estimate of drug-likeness (QED) is 0.566. The summed E-state index contributed by atoms with van der Waals surface area (Å²) in [6, 6.07) is 14.6. The lowest BCUT2D eigenvalue weighted by atomic mass is 10.1. The van der Waals surface area contributed by atoms with Crippen LogP contribution in [0.25, 0.3) is 12.2 Å². The number of ketones is 2. The lowest BCUT2D eigenvalue weighted by Gasteiger charge is -2.30. The number of aromatic hydroxyl groups is 1. The highest BCUT2D eigenvalue weighted by atomic mass is 16.3. The Balaban J connectivity index is 1.59. The second-order valence-corrected chi connectivity index (χ2v) is 6.97. The normalized spacial score (nSPS) is 14.6. The molecule has 28 heavy (non-hydrogen) atoms. The summed E-state index contributed by atoms with van der Waals surface area (Å²) in [5.74, 6) is -0.283. The Labute approximate surface area is 165 Å². The molecular weight excluding hydrogens is 350 g/mol. The molecule has 1 heterocycles. The minimum absolute atomic E-state index is 0.156. The van der Waals surface area contributed by atoms with E-state index in [2.05, 4.69) is 11.0 Å². The van der Waals surface area contributed by atoms with Crippen LogP contribution in [0, 0.1) is 0 Å². The monoisotopic (exact) mass is 375 g/mol. The molecule has 0 amide bonds. The van der Waals surface area contributed by atoms with Crippen LogP contribution < -0.4 is 4.90 Å². The number of piperidine rings is 1. The number of anilines is 1. The molecule has 0 spiro atoms. The number of phenols is 1. The Hall–Kier alpha value is -3.14. The molecule has 4 nitrogen and oxygen atoms in total. The second-order valence-electron chi connectivity index (χ2n) is 6.97. The van der Waals surface area contributed by atoms with Gasteiger partial charge in [0.2, 0.25) is 0 Å². The summed E-state index contributed by atoms with van der Waals surface area (Å²) in [5, 5.41) is 9.26. The van der Waals surface area contributed by atoms with Crippen molar-refractivity contribution in [1.29, 1.82) is 0 Å². The number of nitrogens with zero attached hydrogens (tertiary/aromatic N) is 1. The van der Waals surface area contributed by atoms with Crippen molar-refractivity contribution < 1.29 is 14.7 Å². The van der Waals surface area contributed by atoms with Crippen LogP contribution in [0.15, 0.2) is 60.7 Å². The van der Waals surface area contributed by atoms with Crippen molar-refractivity contribution >= 4 is 29.4 Å². The zero-order chi connectivity index (χ0) is 19.8. The molecule has 1 N–H and O–H groups in total. The molecule has 1 aliphatic rings. The fraction of sp³-hybridized carbons (Fsp3) is 0.250. The number of allylic oxidation sites excluding steroid dienone is 2. The molecule has 0 saturated carbocycles. The largest absolute Gasteiger partial charge is 0.508 e. The molecule has 0 unspecified atom stereocenters. The summed E-state index contributed by atoms with van der Waals surface area (Å²) in [4.78, 5) is 26.6. The molecule has 0 bridgehead atoms. The number of rotatable bonds is 7. The van der Waals surface area contributed by atoms with Gasteiger partial charge in [-0.3, -0.25) is 9.59 Å². The molecule has 2 aromatic carbocycles. The van der Waals surface area contributed by atoms with E-state index < -0.39 is 0 Å². The first-order valence-corrected chi connectivity index (χ1v) is 9.67. The van der Waals surface area contributed by atoms with E-state index in [1.54, 1.807) is 30.3 Å². The number of para-hydroxylation sites is 1. The summed E-state index contributed by atoms with van der Waals surface area (Å²) in [6.45, 7) is 2.08. The second kappa shape index (κ2) is 9.70. The fourth-order valence-electron chi connectivity index (χ4n) is 3.30. The molecule has 144 valence electrons. The lowest BCUT2D eigenvalue weighted by Crippen LogP contribution is -2.29. The third kappa shape index (κ3) is 5.68. The van der Waals surface area contributed by atoms with Gasteiger partial charge >= 0.3 is 0 Å². The SMILES string of the molecule is O=C(C=Cc1ccc(O)cc1)CC(=O)C=Cc1ccccc1N1CCCCC1. The van der Waals surface area contributed by atoms with Crippen molar-refractivity contribution in [3.8, 4) is 5.75 Å². The maximum atomic E-state index is 12.2. The van der Waals surface area contributed by atoms with Gasteiger partial charge in [-0.15, -0.1) is 0 Å². The van der Waals surface area contributed by atoms with Crippen molar-refractivity contribution in [1.82, 2.24) is 0 Å². The molecule has 0 aromatic heterocycles. The van der Waals surface area contributed by atoms with Gasteiger partial charge in [0.25, 0.3) is 0 Å². The molecule has 0 aliphatic carbocycles. The van der Waals surface area contributed by atoms with Gasteiger partial charge in [0.1, 0.15) is 5.75 Å². The van der Waals surface area contributed by atoms with Gasteiger partial charge in [-0.25, -0.2) is 0 Å². The average molecular weight is 375 g/mol. The maximum Gasteiger partial charge on any atom is 0.163 e. The highest BCUT2D eigenvalue weighted by Gasteiger charge is 2.13. The van der Waals surface area contributed by atoms with Gasteiger partial charge < -0.3 is 10.0 Å². The molecule has 1 saturated heterocycles. The maximum absolute atomic E-state index is 12.2. The van der Waals surface area contributed by atoms with Crippen LogP contribution in [0.5, 0.6) is 5.75 Å². The van der Waals surface area contributed by atoms with Gasteiger partial charge in [0, 0.05) is 18.8 Å². The Bertz CT molecular complexity index is 875. The molecule has 1 aliphatic heterocycles. The number of carbonyl (C=O) groups is 2. The molecular formula is C24H25NO3. The van der Waals surface area contributed by atoms with Gasteiger partial charge in [-0.1, -0.05) is 36.4 Å². The Morgan fingerprint density at radius 3 is 2.21 bits per heavy atom. The smallest absolute Gasteiger partial charge is 0.163 e. The Kier molecular flexibility index (Phi) is 6.79. The van der Waals surface area contributed by atoms with E-state index in [4.69, 9.17) is 0 Å². The van der Waals surface area contributed by atoms with Crippen molar-refractivity contribution in [3.05, 3.63) is 71.8 Å². The first-order valence-electron chi connectivity index (χ1n) is 9.67. The van der Waals surface area contributed by atoms with Gasteiger partial charge in [-0.2, -0.15) is 0 Å². The zero-order valence-corrected chi connectivity index (χ0v) is 15.9. The lowest BCUT2D eigenvalue weighted by molar-refractivity contribution is -0.121. The molecule has 2 aromatic rings. The third-order valence-corrected chi connectivity index (χ3v) is 4.79. The van der Waals surface area contributed by atoms with Crippen LogP contribution in [-0.2, 0) is 9.59 Å². The molecule has 0 radical (unpaired) electrons. The van der Waals surface area contributed by atoms with Crippen molar-refractivity contribution in [3.63, 3.8) is 0 Å². The van der Waals surface area contributed by atoms with Crippen LogP contribution >= 0.6 is 0 Å². The molecule has 1 fully saturated rings. The third-order valence-electron chi connectivity index (χ3n) is 4.79. The van der Waals surface area contributed by atoms with E-state index in [0.717, 1.165) is 29.9 Å². The zero-order valence-electron chi connectivity index (χ0n) is 15.9. The minimum Gasteiger partial charge on any atom is -0.508 e. The van der Waals surface area contributed by atoms with Crippen molar-refractivity contribution in [2.45, 2.75) is 25.7 Å². The van der Waals surface area contributed by atoms with E-state index in [1.165, 1.54) is 31.4 Å². The van der Waals surface area contributed by atoms with Gasteiger partial charge in [0.15, 0.2) is 11.6 Å². The number of hydrogen-bond acceptors (Lipinski definition) is 4. The summed E-state index contributed by atoms with van der Waals surface area (Å²) in [6.07, 6.45) is 9.85.